The van der Waals surface area contributed by atoms with Crippen molar-refractivity contribution in [1.82, 2.24) is 9.97 Å². The predicted octanol–water partition coefficient (Wildman–Crippen LogP) is 1.95. The number of carbonyl (C=O) groups is 1. The minimum Gasteiger partial charge on any atom is -0.465 e. The van der Waals surface area contributed by atoms with Gasteiger partial charge in [-0.15, -0.1) is 0 Å². The van der Waals surface area contributed by atoms with Crippen LogP contribution < -0.4 is 10.5 Å². The van der Waals surface area contributed by atoms with Crippen LogP contribution in [0.1, 0.15) is 16.1 Å². The Morgan fingerprint density at radius 3 is 2.68 bits per heavy atom. The number of nitrogens with two attached hydrogens (primary N) is 1. The topological polar surface area (TPSA) is 87.3 Å². The number of hydrogen-bond donors (Lipinski definition) is 1. The number of nitrogen functional groups attached to an aromatic ring is 1. The van der Waals surface area contributed by atoms with Crippen molar-refractivity contribution in [3.05, 3.63) is 41.9 Å². The fraction of sp³-hybridized carbons (Fsp3) is 0.154. The molecule has 0 spiro atoms. The number of carbonyl (C=O) groups excluding carboxylic acids is 1. The fourth-order valence-corrected chi connectivity index (χ4v) is 1.42. The molecule has 6 nitrogen and oxygen atoms in total. The van der Waals surface area contributed by atoms with Gasteiger partial charge in [-0.1, -0.05) is 0 Å². The van der Waals surface area contributed by atoms with E-state index in [1.54, 1.807) is 12.3 Å². The largest absolute Gasteiger partial charge is 0.465 e. The molecule has 0 saturated heterocycles. The smallest absolute Gasteiger partial charge is 0.340 e. The molecule has 2 rings (SSSR count). The van der Waals surface area contributed by atoms with Crippen molar-refractivity contribution in [2.45, 2.75) is 6.92 Å². The van der Waals surface area contributed by atoms with Crippen molar-refractivity contribution in [1.29, 1.82) is 0 Å². The number of esters is 1. The van der Waals surface area contributed by atoms with Gasteiger partial charge < -0.3 is 15.2 Å². The third kappa shape index (κ3) is 2.98. The van der Waals surface area contributed by atoms with Crippen LogP contribution in [-0.4, -0.2) is 23.0 Å². The third-order valence-corrected chi connectivity index (χ3v) is 2.42. The molecule has 0 amide bonds. The van der Waals surface area contributed by atoms with Crippen LogP contribution >= 0.6 is 0 Å². The van der Waals surface area contributed by atoms with Crippen LogP contribution in [0.5, 0.6) is 11.6 Å². The Bertz CT molecular complexity index is 597. The fourth-order valence-electron chi connectivity index (χ4n) is 1.42. The number of aryl methyl sites for hydroxylation is 1. The van der Waals surface area contributed by atoms with Gasteiger partial charge in [0.2, 0.25) is 5.88 Å². The Balaban J connectivity index is 2.26. The van der Waals surface area contributed by atoms with Gasteiger partial charge in [0, 0.05) is 11.8 Å². The van der Waals surface area contributed by atoms with Crippen molar-refractivity contribution in [3.8, 4) is 11.6 Å². The van der Waals surface area contributed by atoms with Crippen molar-refractivity contribution < 1.29 is 14.3 Å². The van der Waals surface area contributed by atoms with Crippen molar-refractivity contribution >= 4 is 11.7 Å². The first-order chi connectivity index (χ1) is 9.10. The summed E-state index contributed by atoms with van der Waals surface area (Å²) in [5.41, 5.74) is 6.98. The maximum atomic E-state index is 11.5. The van der Waals surface area contributed by atoms with E-state index in [1.807, 2.05) is 13.0 Å². The first kappa shape index (κ1) is 12.8. The predicted molar refractivity (Wildman–Crippen MR) is 69.0 cm³/mol. The lowest BCUT2D eigenvalue weighted by molar-refractivity contribution is 0.0601. The molecule has 0 unspecified atom stereocenters. The van der Waals surface area contributed by atoms with E-state index in [0.717, 1.165) is 5.69 Å². The van der Waals surface area contributed by atoms with Crippen LogP contribution in [0.2, 0.25) is 0 Å². The van der Waals surface area contributed by atoms with Gasteiger partial charge in [-0.05, 0) is 19.1 Å². The molecule has 2 aromatic heterocycles. The number of aromatic nitrogens is 2. The molecule has 0 atom stereocenters. The molecular weight excluding hydrogens is 246 g/mol. The molecule has 0 radical (unpaired) electrons. The summed E-state index contributed by atoms with van der Waals surface area (Å²) in [7, 11) is 1.28. The van der Waals surface area contributed by atoms with E-state index in [1.165, 1.54) is 19.4 Å². The minimum atomic E-state index is -0.535. The van der Waals surface area contributed by atoms with Gasteiger partial charge >= 0.3 is 5.97 Å². The summed E-state index contributed by atoms with van der Waals surface area (Å²) in [6.45, 7) is 1.88. The number of ether oxygens (including phenoxy) is 2. The molecule has 6 heteroatoms. The number of hydrogen-bond acceptors (Lipinski definition) is 6. The summed E-state index contributed by atoms with van der Waals surface area (Å²) in [4.78, 5) is 19.6. The number of rotatable bonds is 3. The highest BCUT2D eigenvalue weighted by molar-refractivity contribution is 5.95. The lowest BCUT2D eigenvalue weighted by atomic mass is 10.2. The van der Waals surface area contributed by atoms with Crippen molar-refractivity contribution in [2.24, 2.45) is 0 Å². The Morgan fingerprint density at radius 2 is 2.05 bits per heavy atom. The number of pyridine rings is 2. The summed E-state index contributed by atoms with van der Waals surface area (Å²) >= 11 is 0. The highest BCUT2D eigenvalue weighted by atomic mass is 16.5. The highest BCUT2D eigenvalue weighted by Crippen LogP contribution is 2.22. The monoisotopic (exact) mass is 259 g/mol. The molecule has 0 saturated carbocycles. The second-order valence-electron chi connectivity index (χ2n) is 3.84. The average Bonchev–Trinajstić information content (AvgIpc) is 2.42. The Morgan fingerprint density at radius 1 is 1.26 bits per heavy atom. The third-order valence-electron chi connectivity index (χ3n) is 2.42. The summed E-state index contributed by atoms with van der Waals surface area (Å²) in [6.07, 6.45) is 2.92. The van der Waals surface area contributed by atoms with Crippen LogP contribution in [0, 0.1) is 6.92 Å². The SMILES string of the molecule is COC(=O)c1cc(Oc2ccc(C)nc2)ncc1N. The van der Waals surface area contributed by atoms with Crippen LogP contribution in [0.3, 0.4) is 0 Å². The lowest BCUT2D eigenvalue weighted by Gasteiger charge is -2.07. The van der Waals surface area contributed by atoms with Gasteiger partial charge in [-0.25, -0.2) is 9.78 Å². The molecule has 0 aliphatic rings. The first-order valence-corrected chi connectivity index (χ1v) is 5.54. The lowest BCUT2D eigenvalue weighted by Crippen LogP contribution is -2.06. The van der Waals surface area contributed by atoms with E-state index >= 15 is 0 Å². The molecule has 0 aliphatic heterocycles. The van der Waals surface area contributed by atoms with Crippen LogP contribution in [0.25, 0.3) is 0 Å². The Labute approximate surface area is 110 Å². The van der Waals surface area contributed by atoms with Crippen LogP contribution in [-0.2, 0) is 4.74 Å². The van der Waals surface area contributed by atoms with Gasteiger partial charge in [0.15, 0.2) is 0 Å². The molecule has 0 fully saturated rings. The Kier molecular flexibility index (Phi) is 3.61. The van der Waals surface area contributed by atoms with Crippen molar-refractivity contribution in [3.63, 3.8) is 0 Å². The molecule has 2 heterocycles. The zero-order valence-electron chi connectivity index (χ0n) is 10.6. The normalized spacial score (nSPS) is 10.0. The summed E-state index contributed by atoms with van der Waals surface area (Å²) in [5, 5.41) is 0. The Hall–Kier alpha value is -2.63. The van der Waals surface area contributed by atoms with E-state index in [-0.39, 0.29) is 17.1 Å². The quantitative estimate of drug-likeness (QED) is 0.847. The van der Waals surface area contributed by atoms with Gasteiger partial charge in [-0.2, -0.15) is 0 Å². The first-order valence-electron chi connectivity index (χ1n) is 5.54. The second-order valence-corrected chi connectivity index (χ2v) is 3.84. The molecule has 19 heavy (non-hydrogen) atoms. The number of nitrogens with zero attached hydrogens (tertiary/aromatic N) is 2. The van der Waals surface area contributed by atoms with E-state index in [0.29, 0.717) is 5.75 Å². The maximum absolute atomic E-state index is 11.5. The molecule has 2 N–H and O–H groups in total. The van der Waals surface area contributed by atoms with Crippen LogP contribution in [0.15, 0.2) is 30.6 Å². The zero-order chi connectivity index (χ0) is 13.8. The van der Waals surface area contributed by atoms with Gasteiger partial charge in [-0.3, -0.25) is 4.98 Å². The van der Waals surface area contributed by atoms with E-state index in [9.17, 15) is 4.79 Å². The molecule has 0 aliphatic carbocycles. The molecule has 0 bridgehead atoms. The van der Waals surface area contributed by atoms with E-state index in [4.69, 9.17) is 10.5 Å². The standard InChI is InChI=1S/C13H13N3O3/c1-8-3-4-9(6-15-8)19-12-5-10(13(17)18-2)11(14)7-16-12/h3-7H,14H2,1-2H3. The minimum absolute atomic E-state index is 0.215. The highest BCUT2D eigenvalue weighted by Gasteiger charge is 2.12. The summed E-state index contributed by atoms with van der Waals surface area (Å²) in [5.74, 6) is 0.241. The van der Waals surface area contributed by atoms with Gasteiger partial charge in [0.05, 0.1) is 30.8 Å². The van der Waals surface area contributed by atoms with Gasteiger partial charge in [0.25, 0.3) is 0 Å². The second kappa shape index (κ2) is 5.34. The number of anilines is 1. The van der Waals surface area contributed by atoms with Crippen LogP contribution in [0.4, 0.5) is 5.69 Å². The van der Waals surface area contributed by atoms with Gasteiger partial charge in [0.1, 0.15) is 5.75 Å². The van der Waals surface area contributed by atoms with Crippen molar-refractivity contribution in [2.75, 3.05) is 12.8 Å². The number of methoxy groups -OCH3 is 1. The summed E-state index contributed by atoms with van der Waals surface area (Å²) < 4.78 is 10.1. The summed E-state index contributed by atoms with van der Waals surface area (Å²) in [6, 6.07) is 5.01. The molecule has 2 aromatic rings. The van der Waals surface area contributed by atoms with E-state index in [2.05, 4.69) is 14.7 Å². The average molecular weight is 259 g/mol. The molecular formula is C13H13N3O3. The zero-order valence-corrected chi connectivity index (χ0v) is 10.6. The molecule has 98 valence electrons. The molecule has 0 aromatic carbocycles. The van der Waals surface area contributed by atoms with E-state index < -0.39 is 5.97 Å². The maximum Gasteiger partial charge on any atom is 0.340 e.